The topological polar surface area (TPSA) is 48.0 Å². The molecular weight excluding hydrogens is 478 g/mol. The Morgan fingerprint density at radius 2 is 1.76 bits per heavy atom. The van der Waals surface area contributed by atoms with Crippen LogP contribution in [0.5, 0.6) is 17.2 Å². The Labute approximate surface area is 206 Å². The summed E-state index contributed by atoms with van der Waals surface area (Å²) in [6.07, 6.45) is 1.79. The molecule has 0 N–H and O–H groups in total. The van der Waals surface area contributed by atoms with E-state index in [-0.39, 0.29) is 5.91 Å². The van der Waals surface area contributed by atoms with E-state index in [9.17, 15) is 4.79 Å². The molecule has 0 aliphatic carbocycles. The van der Waals surface area contributed by atoms with Crippen molar-refractivity contribution in [1.82, 2.24) is 0 Å². The van der Waals surface area contributed by atoms with E-state index in [1.54, 1.807) is 44.6 Å². The smallest absolute Gasteiger partial charge is 0.270 e. The van der Waals surface area contributed by atoms with Crippen LogP contribution in [0.1, 0.15) is 11.1 Å². The number of carbonyl (C=O) groups excluding carboxylic acids is 1. The van der Waals surface area contributed by atoms with Crippen molar-refractivity contribution in [1.29, 1.82) is 0 Å². The van der Waals surface area contributed by atoms with Crippen molar-refractivity contribution >= 4 is 57.6 Å². The van der Waals surface area contributed by atoms with Crippen LogP contribution in [0, 0.1) is 0 Å². The number of halogens is 1. The lowest BCUT2D eigenvalue weighted by molar-refractivity contribution is -0.113. The third kappa shape index (κ3) is 5.16. The van der Waals surface area contributed by atoms with E-state index in [0.717, 1.165) is 11.1 Å². The number of thioether (sulfide) groups is 1. The zero-order valence-corrected chi connectivity index (χ0v) is 20.3. The summed E-state index contributed by atoms with van der Waals surface area (Å²) >= 11 is 12.9. The van der Waals surface area contributed by atoms with E-state index in [4.69, 9.17) is 38.0 Å². The molecule has 0 aromatic heterocycles. The highest BCUT2D eigenvalue weighted by molar-refractivity contribution is 8.27. The van der Waals surface area contributed by atoms with Gasteiger partial charge in [-0.1, -0.05) is 59.8 Å². The van der Waals surface area contributed by atoms with Crippen molar-refractivity contribution in [3.8, 4) is 17.2 Å². The maximum atomic E-state index is 13.0. The number of anilines is 1. The van der Waals surface area contributed by atoms with Gasteiger partial charge in [0.25, 0.3) is 5.91 Å². The van der Waals surface area contributed by atoms with Crippen LogP contribution in [-0.2, 0) is 11.4 Å². The van der Waals surface area contributed by atoms with Crippen molar-refractivity contribution in [3.05, 3.63) is 87.8 Å². The number of rotatable bonds is 7. The van der Waals surface area contributed by atoms with Gasteiger partial charge in [-0.25, -0.2) is 0 Å². The first-order chi connectivity index (χ1) is 16.0. The van der Waals surface area contributed by atoms with Gasteiger partial charge in [-0.3, -0.25) is 9.69 Å². The molecule has 0 unspecified atom stereocenters. The minimum Gasteiger partial charge on any atom is -0.497 e. The van der Waals surface area contributed by atoms with Crippen LogP contribution in [0.2, 0.25) is 5.02 Å². The molecule has 1 fully saturated rings. The quantitative estimate of drug-likeness (QED) is 0.280. The highest BCUT2D eigenvalue weighted by Gasteiger charge is 2.33. The first-order valence-corrected chi connectivity index (χ1v) is 11.6. The molecule has 1 aliphatic rings. The van der Waals surface area contributed by atoms with Crippen molar-refractivity contribution in [2.24, 2.45) is 0 Å². The predicted molar refractivity (Wildman–Crippen MR) is 137 cm³/mol. The maximum absolute atomic E-state index is 13.0. The first-order valence-electron chi connectivity index (χ1n) is 9.96. The molecule has 168 valence electrons. The van der Waals surface area contributed by atoms with E-state index in [1.807, 2.05) is 42.5 Å². The standard InChI is InChI=1S/C25H20ClNO4S2/c1-29-19-10-8-18(9-11-19)27-24(28)23(33-25(27)32)14-16-7-12-21(22(13-16)30-2)31-15-17-5-3-4-6-20(17)26/h3-14H,15H2,1-2H3. The molecular formula is C25H20ClNO4S2. The number of ether oxygens (including phenoxy) is 3. The van der Waals surface area contributed by atoms with Crippen molar-refractivity contribution in [2.75, 3.05) is 19.1 Å². The van der Waals surface area contributed by atoms with Gasteiger partial charge in [-0.2, -0.15) is 0 Å². The molecule has 0 bridgehead atoms. The van der Waals surface area contributed by atoms with Gasteiger partial charge in [0.15, 0.2) is 15.8 Å². The van der Waals surface area contributed by atoms with E-state index in [1.165, 1.54) is 16.7 Å². The Morgan fingerprint density at radius 3 is 2.45 bits per heavy atom. The van der Waals surface area contributed by atoms with Crippen LogP contribution in [-0.4, -0.2) is 24.4 Å². The number of hydrogen-bond donors (Lipinski definition) is 0. The molecule has 8 heteroatoms. The maximum Gasteiger partial charge on any atom is 0.270 e. The van der Waals surface area contributed by atoms with Crippen molar-refractivity contribution in [2.45, 2.75) is 6.61 Å². The summed E-state index contributed by atoms with van der Waals surface area (Å²) in [5, 5.41) is 0.645. The molecule has 1 heterocycles. The van der Waals surface area contributed by atoms with Gasteiger partial charge >= 0.3 is 0 Å². The summed E-state index contributed by atoms with van der Waals surface area (Å²) in [6, 6.07) is 20.2. The summed E-state index contributed by atoms with van der Waals surface area (Å²) in [4.78, 5) is 15.1. The van der Waals surface area contributed by atoms with Crippen LogP contribution in [0.4, 0.5) is 5.69 Å². The average molecular weight is 498 g/mol. The SMILES string of the molecule is COc1ccc(N2C(=O)C(=Cc3ccc(OCc4ccccc4Cl)c(OC)c3)SC2=S)cc1. The number of methoxy groups -OCH3 is 2. The number of nitrogens with zero attached hydrogens (tertiary/aromatic N) is 1. The lowest BCUT2D eigenvalue weighted by Crippen LogP contribution is -2.27. The Morgan fingerprint density at radius 1 is 1.00 bits per heavy atom. The van der Waals surface area contributed by atoms with Gasteiger partial charge in [0, 0.05) is 10.6 Å². The third-order valence-electron chi connectivity index (χ3n) is 4.95. The Hall–Kier alpha value is -3.00. The number of amides is 1. The normalized spacial score (nSPS) is 14.6. The molecule has 0 spiro atoms. The summed E-state index contributed by atoms with van der Waals surface area (Å²) in [5.74, 6) is 1.68. The van der Waals surface area contributed by atoms with Gasteiger partial charge in [0.2, 0.25) is 0 Å². The molecule has 33 heavy (non-hydrogen) atoms. The summed E-state index contributed by atoms with van der Waals surface area (Å²) < 4.78 is 17.1. The number of carbonyl (C=O) groups is 1. The van der Waals surface area contributed by atoms with E-state index in [0.29, 0.717) is 43.8 Å². The van der Waals surface area contributed by atoms with Gasteiger partial charge in [0.05, 0.1) is 24.8 Å². The number of thiocarbonyl (C=S) groups is 1. The van der Waals surface area contributed by atoms with E-state index in [2.05, 4.69) is 0 Å². The second kappa shape index (κ2) is 10.3. The van der Waals surface area contributed by atoms with E-state index < -0.39 is 0 Å². The van der Waals surface area contributed by atoms with Crippen LogP contribution in [0.15, 0.2) is 71.6 Å². The van der Waals surface area contributed by atoms with Gasteiger partial charge in [-0.05, 0) is 54.1 Å². The summed E-state index contributed by atoms with van der Waals surface area (Å²) in [7, 11) is 3.17. The third-order valence-corrected chi connectivity index (χ3v) is 6.62. The largest absolute Gasteiger partial charge is 0.497 e. The molecule has 5 nitrogen and oxygen atoms in total. The highest BCUT2D eigenvalue weighted by Crippen LogP contribution is 2.37. The lowest BCUT2D eigenvalue weighted by Gasteiger charge is -2.14. The Balaban J connectivity index is 1.53. The van der Waals surface area contributed by atoms with Crippen LogP contribution < -0.4 is 19.1 Å². The zero-order valence-electron chi connectivity index (χ0n) is 17.9. The molecule has 0 atom stereocenters. The van der Waals surface area contributed by atoms with Gasteiger partial charge < -0.3 is 14.2 Å². The predicted octanol–water partition coefficient (Wildman–Crippen LogP) is 6.34. The fourth-order valence-electron chi connectivity index (χ4n) is 3.24. The molecule has 1 amide bonds. The van der Waals surface area contributed by atoms with Gasteiger partial charge in [-0.15, -0.1) is 0 Å². The monoisotopic (exact) mass is 497 g/mol. The molecule has 1 saturated heterocycles. The molecule has 1 aliphatic heterocycles. The number of benzene rings is 3. The zero-order chi connectivity index (χ0) is 23.4. The second-order valence-electron chi connectivity index (χ2n) is 7.01. The first kappa shape index (κ1) is 23.2. The minimum absolute atomic E-state index is 0.173. The summed E-state index contributed by atoms with van der Waals surface area (Å²) in [5.41, 5.74) is 2.38. The molecule has 0 radical (unpaired) electrons. The lowest BCUT2D eigenvalue weighted by atomic mass is 10.1. The Kier molecular flexibility index (Phi) is 7.23. The van der Waals surface area contributed by atoms with Crippen molar-refractivity contribution in [3.63, 3.8) is 0 Å². The molecule has 3 aromatic carbocycles. The highest BCUT2D eigenvalue weighted by atomic mass is 35.5. The average Bonchev–Trinajstić information content (AvgIpc) is 3.11. The summed E-state index contributed by atoms with van der Waals surface area (Å²) in [6.45, 7) is 0.315. The molecule has 4 rings (SSSR count). The van der Waals surface area contributed by atoms with Crippen molar-refractivity contribution < 1.29 is 19.0 Å². The fraction of sp³-hybridized carbons (Fsp3) is 0.120. The van der Waals surface area contributed by atoms with Crippen LogP contribution in [0.3, 0.4) is 0 Å². The van der Waals surface area contributed by atoms with Crippen LogP contribution >= 0.6 is 35.6 Å². The number of hydrogen-bond acceptors (Lipinski definition) is 6. The van der Waals surface area contributed by atoms with Crippen LogP contribution in [0.25, 0.3) is 6.08 Å². The molecule has 0 saturated carbocycles. The Bertz CT molecular complexity index is 1230. The fourth-order valence-corrected chi connectivity index (χ4v) is 4.73. The second-order valence-corrected chi connectivity index (χ2v) is 9.09. The minimum atomic E-state index is -0.173. The van der Waals surface area contributed by atoms with E-state index >= 15 is 0 Å². The molecule has 3 aromatic rings. The van der Waals surface area contributed by atoms with Gasteiger partial charge in [0.1, 0.15) is 12.4 Å².